The lowest BCUT2D eigenvalue weighted by molar-refractivity contribution is -0.00833. The van der Waals surface area contributed by atoms with Crippen LogP contribution in [0.5, 0.6) is 5.75 Å². The van der Waals surface area contributed by atoms with Gasteiger partial charge in [-0.3, -0.25) is 4.79 Å². The van der Waals surface area contributed by atoms with Crippen molar-refractivity contribution < 1.29 is 32.6 Å². The largest absolute Gasteiger partial charge is 0.490 e. The molecule has 3 N–H and O–H groups in total. The number of carbonyl (C=O) groups is 2. The molecule has 52 heavy (non-hydrogen) atoms. The number of likely N-dealkylation sites (N-methyl/N-ethyl adjacent to an activating group) is 1. The predicted molar refractivity (Wildman–Crippen MR) is 204 cm³/mol. The second-order valence-corrected chi connectivity index (χ2v) is 15.8. The number of aryl methyl sites for hydroxylation is 1. The number of benzene rings is 4. The minimum Gasteiger partial charge on any atom is -0.490 e. The maximum absolute atomic E-state index is 14.5. The van der Waals surface area contributed by atoms with E-state index in [9.17, 15) is 23.1 Å². The van der Waals surface area contributed by atoms with E-state index >= 15 is 0 Å². The van der Waals surface area contributed by atoms with Crippen molar-refractivity contribution in [1.29, 1.82) is 0 Å². The van der Waals surface area contributed by atoms with E-state index in [2.05, 4.69) is 10.6 Å². The number of ether oxygens (including phenoxy) is 2. The molecule has 11 nitrogen and oxygen atoms in total. The second-order valence-electron chi connectivity index (χ2n) is 13.7. The van der Waals surface area contributed by atoms with Crippen molar-refractivity contribution in [3.63, 3.8) is 0 Å². The monoisotopic (exact) mass is 730 g/mol. The van der Waals surface area contributed by atoms with Crippen LogP contribution in [0.2, 0.25) is 0 Å². The lowest BCUT2D eigenvalue weighted by Crippen LogP contribution is -2.48. The number of urea groups is 1. The highest BCUT2D eigenvalue weighted by Crippen LogP contribution is 2.30. The first-order chi connectivity index (χ1) is 24.9. The van der Waals surface area contributed by atoms with Crippen molar-refractivity contribution in [2.45, 2.75) is 70.1 Å². The summed E-state index contributed by atoms with van der Waals surface area (Å²) in [6.07, 6.45) is 1.46. The summed E-state index contributed by atoms with van der Waals surface area (Å²) in [6.45, 7) is 7.86. The van der Waals surface area contributed by atoms with Crippen LogP contribution in [0.3, 0.4) is 0 Å². The van der Waals surface area contributed by atoms with E-state index in [4.69, 9.17) is 9.47 Å². The molecule has 4 atom stereocenters. The highest BCUT2D eigenvalue weighted by molar-refractivity contribution is 7.89. The number of nitrogens with zero attached hydrogens (tertiary/aromatic N) is 2. The molecule has 1 aliphatic heterocycles. The molecule has 0 aromatic heterocycles. The molecular formula is C40H50N4O7S. The minimum atomic E-state index is -3.80. The second kappa shape index (κ2) is 17.4. The van der Waals surface area contributed by atoms with E-state index in [1.54, 1.807) is 54.3 Å². The number of fused-ring (bicyclic) bond motifs is 2. The van der Waals surface area contributed by atoms with Gasteiger partial charge in [-0.15, -0.1) is 0 Å². The number of aliphatic hydroxyl groups excluding tert-OH is 1. The van der Waals surface area contributed by atoms with E-state index in [0.717, 1.165) is 29.2 Å². The lowest BCUT2D eigenvalue weighted by atomic mass is 10.0. The van der Waals surface area contributed by atoms with Crippen LogP contribution in [0.25, 0.3) is 10.8 Å². The number of nitrogens with one attached hydrogen (secondary N) is 2. The van der Waals surface area contributed by atoms with E-state index in [1.807, 2.05) is 63.2 Å². The first-order valence-corrected chi connectivity index (χ1v) is 19.2. The van der Waals surface area contributed by atoms with Gasteiger partial charge in [0.1, 0.15) is 5.75 Å². The molecule has 3 amide bonds. The molecule has 0 spiro atoms. The predicted octanol–water partition coefficient (Wildman–Crippen LogP) is 6.91. The first-order valence-electron chi connectivity index (χ1n) is 17.8. The van der Waals surface area contributed by atoms with Crippen molar-refractivity contribution >= 4 is 44.1 Å². The zero-order chi connectivity index (χ0) is 37.4. The SMILES string of the molecule is Cc1ccc(S(=O)(=O)N(C)C[C@H]2OCCCC[C@H](C)Oc3ccc(NC(=O)Nc4cccc5ccccc45)cc3C(=O)N([C@@H](C)CO)C[C@@H]2C)cc1. The molecule has 12 heteroatoms. The summed E-state index contributed by atoms with van der Waals surface area (Å²) < 4.78 is 41.0. The Morgan fingerprint density at radius 2 is 1.73 bits per heavy atom. The van der Waals surface area contributed by atoms with Crippen molar-refractivity contribution in [2.75, 3.05) is 44.0 Å². The number of rotatable bonds is 8. The Balaban J connectivity index is 1.41. The third-order valence-corrected chi connectivity index (χ3v) is 11.4. The van der Waals surface area contributed by atoms with Crippen LogP contribution < -0.4 is 15.4 Å². The number of aliphatic hydroxyl groups is 1. The van der Waals surface area contributed by atoms with E-state index in [-0.39, 0.29) is 42.2 Å². The van der Waals surface area contributed by atoms with Crippen LogP contribution in [0.4, 0.5) is 16.2 Å². The zero-order valence-corrected chi connectivity index (χ0v) is 31.4. The number of carbonyl (C=O) groups excluding carboxylic acids is 2. The average molecular weight is 731 g/mol. The summed E-state index contributed by atoms with van der Waals surface area (Å²) in [5, 5.41) is 18.0. The minimum absolute atomic E-state index is 0.0723. The number of anilines is 2. The molecule has 4 aromatic carbocycles. The fourth-order valence-electron chi connectivity index (χ4n) is 6.32. The van der Waals surface area contributed by atoms with Gasteiger partial charge < -0.3 is 30.1 Å². The smallest absolute Gasteiger partial charge is 0.323 e. The normalized spacial score (nSPS) is 19.7. The summed E-state index contributed by atoms with van der Waals surface area (Å²) >= 11 is 0. The number of sulfonamides is 1. The molecule has 1 aliphatic rings. The van der Waals surface area contributed by atoms with Gasteiger partial charge in [-0.1, -0.05) is 61.0 Å². The topological polar surface area (TPSA) is 138 Å². The summed E-state index contributed by atoms with van der Waals surface area (Å²) in [4.78, 5) is 29.5. The quantitative estimate of drug-likeness (QED) is 0.179. The van der Waals surface area contributed by atoms with Crippen LogP contribution >= 0.6 is 0 Å². The van der Waals surface area contributed by atoms with Crippen LogP contribution in [-0.2, 0) is 14.8 Å². The Morgan fingerprint density at radius 1 is 1.00 bits per heavy atom. The molecule has 0 aliphatic carbocycles. The van der Waals surface area contributed by atoms with Gasteiger partial charge >= 0.3 is 6.03 Å². The molecular weight excluding hydrogens is 681 g/mol. The van der Waals surface area contributed by atoms with Gasteiger partial charge in [-0.05, 0) is 81.8 Å². The zero-order valence-electron chi connectivity index (χ0n) is 30.5. The Kier molecular flexibility index (Phi) is 12.9. The van der Waals surface area contributed by atoms with E-state index in [0.29, 0.717) is 30.2 Å². The Hall–Kier alpha value is -4.49. The van der Waals surface area contributed by atoms with Gasteiger partial charge in [0.05, 0.1) is 41.0 Å². The summed E-state index contributed by atoms with van der Waals surface area (Å²) in [7, 11) is -2.26. The molecule has 0 fully saturated rings. The molecule has 4 aromatic rings. The van der Waals surface area contributed by atoms with Crippen molar-refractivity contribution in [1.82, 2.24) is 9.21 Å². The van der Waals surface area contributed by atoms with Crippen molar-refractivity contribution in [2.24, 2.45) is 5.92 Å². The summed E-state index contributed by atoms with van der Waals surface area (Å²) in [6, 6.07) is 24.1. The third kappa shape index (κ3) is 9.48. The van der Waals surface area contributed by atoms with E-state index in [1.165, 1.54) is 11.4 Å². The van der Waals surface area contributed by atoms with Gasteiger partial charge in [0, 0.05) is 43.7 Å². The Morgan fingerprint density at radius 3 is 2.48 bits per heavy atom. The standard InChI is InChI=1S/C40H50N4O7S/c1-27-16-19-33(20-17-27)52(48,49)43(5)25-38-28(2)24-44(29(3)26-45)39(46)35-23-32(18-21-37(35)51-30(4)11-8-9-22-50-38)41-40(47)42-36-15-10-13-31-12-6-7-14-34(31)36/h6-7,10,12-21,23,28-30,38,45H,8-9,11,22,24-26H2,1-5H3,(H2,41,42,47)/t28-,29-,30-,38+/m0/s1. The highest BCUT2D eigenvalue weighted by Gasteiger charge is 2.32. The van der Waals surface area contributed by atoms with E-state index < -0.39 is 34.1 Å². The van der Waals surface area contributed by atoms with Crippen LogP contribution in [0.15, 0.2) is 89.8 Å². The third-order valence-electron chi connectivity index (χ3n) is 9.51. The molecule has 0 saturated heterocycles. The Bertz CT molecular complexity index is 1950. The Labute approximate surface area is 307 Å². The molecule has 5 rings (SSSR count). The van der Waals surface area contributed by atoms with Crippen LogP contribution in [0.1, 0.15) is 56.0 Å². The number of hydrogen-bond donors (Lipinski definition) is 3. The number of hydrogen-bond acceptors (Lipinski definition) is 7. The van der Waals surface area contributed by atoms with Gasteiger partial charge in [-0.2, -0.15) is 4.31 Å². The maximum atomic E-state index is 14.5. The molecule has 1 heterocycles. The summed E-state index contributed by atoms with van der Waals surface area (Å²) in [5.74, 6) is -0.355. The molecule has 0 bridgehead atoms. The molecule has 0 unspecified atom stereocenters. The highest BCUT2D eigenvalue weighted by atomic mass is 32.2. The van der Waals surface area contributed by atoms with Crippen LogP contribution in [0, 0.1) is 12.8 Å². The maximum Gasteiger partial charge on any atom is 0.323 e. The molecule has 0 saturated carbocycles. The molecule has 278 valence electrons. The number of amides is 3. The average Bonchev–Trinajstić information content (AvgIpc) is 3.13. The molecule has 0 radical (unpaired) electrons. The van der Waals surface area contributed by atoms with Gasteiger partial charge in [0.25, 0.3) is 5.91 Å². The van der Waals surface area contributed by atoms with Gasteiger partial charge in [0.2, 0.25) is 10.0 Å². The first kappa shape index (κ1) is 38.7. The lowest BCUT2D eigenvalue weighted by Gasteiger charge is -2.35. The van der Waals surface area contributed by atoms with Crippen molar-refractivity contribution in [3.05, 3.63) is 96.1 Å². The summed E-state index contributed by atoms with van der Waals surface area (Å²) in [5.41, 5.74) is 2.22. The van der Waals surface area contributed by atoms with Crippen molar-refractivity contribution in [3.8, 4) is 5.75 Å². The fourth-order valence-corrected chi connectivity index (χ4v) is 7.51. The van der Waals surface area contributed by atoms with Gasteiger partial charge in [-0.25, -0.2) is 13.2 Å². The fraction of sp³-hybridized carbons (Fsp3) is 0.400. The van der Waals surface area contributed by atoms with Gasteiger partial charge in [0.15, 0.2) is 0 Å². The van der Waals surface area contributed by atoms with Crippen LogP contribution in [-0.4, -0.2) is 86.3 Å².